The Bertz CT molecular complexity index is 1660. The first-order chi connectivity index (χ1) is 19.5. The lowest BCUT2D eigenvalue weighted by Gasteiger charge is -2.35. The normalized spacial score (nSPS) is 18.1. The van der Waals surface area contributed by atoms with E-state index in [1.807, 2.05) is 6.07 Å². The molecule has 6 rings (SSSR count). The number of hydrogen-bond acceptors (Lipinski definition) is 8. The number of ether oxygens (including phenoxy) is 1. The summed E-state index contributed by atoms with van der Waals surface area (Å²) in [5.41, 5.74) is 5.84. The predicted molar refractivity (Wildman–Crippen MR) is 143 cm³/mol. The third-order valence-corrected chi connectivity index (χ3v) is 6.81. The second-order valence-corrected chi connectivity index (χ2v) is 9.36. The Morgan fingerprint density at radius 1 is 1.12 bits per heavy atom. The van der Waals surface area contributed by atoms with Crippen LogP contribution in [0.2, 0.25) is 0 Å². The third kappa shape index (κ3) is 4.62. The third-order valence-electron chi connectivity index (χ3n) is 6.81. The summed E-state index contributed by atoms with van der Waals surface area (Å²) in [5, 5.41) is 19.8. The molecule has 0 radical (unpaired) electrons. The summed E-state index contributed by atoms with van der Waals surface area (Å²) in [7, 11) is 1.54. The first-order valence-corrected chi connectivity index (χ1v) is 12.4. The number of pyridine rings is 1. The fourth-order valence-corrected chi connectivity index (χ4v) is 4.67. The number of aromatic hydroxyl groups is 1. The maximum atomic E-state index is 13.2. The van der Waals surface area contributed by atoms with Crippen LogP contribution in [0.5, 0.6) is 11.5 Å². The lowest BCUT2D eigenvalue weighted by Crippen LogP contribution is -2.66. The molecule has 4 N–H and O–H groups in total. The van der Waals surface area contributed by atoms with Gasteiger partial charge in [-0.05, 0) is 42.0 Å². The molecule has 2 aromatic carbocycles. The Kier molecular flexibility index (Phi) is 6.39. The Morgan fingerprint density at radius 2 is 1.98 bits per heavy atom. The molecule has 1 fully saturated rings. The SMILES string of the molecule is COc1ccc2c(c1)C(=O)N(C[C@@]1(C#Cc3ccc(-c4nc(-c5cn[nH]c5)ccc4O)cc3)NOCNC1=O)C2. The number of aromatic nitrogens is 3. The van der Waals surface area contributed by atoms with E-state index in [-0.39, 0.29) is 24.9 Å². The zero-order valence-corrected chi connectivity index (χ0v) is 21.4. The van der Waals surface area contributed by atoms with Crippen LogP contribution in [-0.2, 0) is 16.2 Å². The molecule has 0 spiro atoms. The average Bonchev–Trinajstić information content (AvgIpc) is 3.62. The van der Waals surface area contributed by atoms with E-state index < -0.39 is 11.4 Å². The van der Waals surface area contributed by atoms with Crippen molar-refractivity contribution in [3.8, 4) is 45.9 Å². The molecule has 4 aromatic rings. The molecular weight excluding hydrogens is 512 g/mol. The maximum Gasteiger partial charge on any atom is 0.258 e. The van der Waals surface area contributed by atoms with Gasteiger partial charge in [0.25, 0.3) is 11.8 Å². The van der Waals surface area contributed by atoms with Crippen LogP contribution in [0, 0.1) is 11.8 Å². The van der Waals surface area contributed by atoms with E-state index >= 15 is 0 Å². The molecule has 2 amide bonds. The van der Waals surface area contributed by atoms with Gasteiger partial charge in [-0.3, -0.25) is 19.5 Å². The van der Waals surface area contributed by atoms with Gasteiger partial charge in [-0.25, -0.2) is 4.98 Å². The first-order valence-electron chi connectivity index (χ1n) is 12.4. The molecule has 4 heterocycles. The van der Waals surface area contributed by atoms with E-state index in [0.717, 1.165) is 11.1 Å². The summed E-state index contributed by atoms with van der Waals surface area (Å²) in [6, 6.07) is 15.8. The number of nitrogens with zero attached hydrogens (tertiary/aromatic N) is 3. The zero-order chi connectivity index (χ0) is 27.7. The fourth-order valence-electron chi connectivity index (χ4n) is 4.67. The minimum Gasteiger partial charge on any atom is -0.506 e. The molecule has 2 aliphatic rings. The van der Waals surface area contributed by atoms with Crippen molar-refractivity contribution in [2.75, 3.05) is 20.4 Å². The van der Waals surface area contributed by atoms with Crippen molar-refractivity contribution < 1.29 is 24.3 Å². The number of carbonyl (C=O) groups excluding carboxylic acids is 2. The number of rotatable bonds is 5. The lowest BCUT2D eigenvalue weighted by molar-refractivity contribution is -0.145. The van der Waals surface area contributed by atoms with E-state index in [1.165, 1.54) is 0 Å². The minimum atomic E-state index is -1.49. The Morgan fingerprint density at radius 3 is 2.73 bits per heavy atom. The van der Waals surface area contributed by atoms with E-state index in [0.29, 0.717) is 40.4 Å². The number of methoxy groups -OCH3 is 1. The summed E-state index contributed by atoms with van der Waals surface area (Å²) < 4.78 is 5.25. The number of aromatic amines is 1. The molecule has 0 aliphatic carbocycles. The molecule has 0 bridgehead atoms. The summed E-state index contributed by atoms with van der Waals surface area (Å²) in [6.45, 7) is 0.286. The van der Waals surface area contributed by atoms with Gasteiger partial charge in [-0.1, -0.05) is 30.0 Å². The molecule has 11 nitrogen and oxygen atoms in total. The Balaban J connectivity index is 1.26. The van der Waals surface area contributed by atoms with Crippen LogP contribution in [-0.4, -0.2) is 62.9 Å². The molecule has 1 atom stereocenters. The van der Waals surface area contributed by atoms with E-state index in [4.69, 9.17) is 9.57 Å². The number of fused-ring (bicyclic) bond motifs is 1. The van der Waals surface area contributed by atoms with Crippen molar-refractivity contribution in [2.45, 2.75) is 12.1 Å². The van der Waals surface area contributed by atoms with Crippen molar-refractivity contribution >= 4 is 11.8 Å². The van der Waals surface area contributed by atoms with Crippen LogP contribution < -0.4 is 15.5 Å². The van der Waals surface area contributed by atoms with Gasteiger partial charge in [0.05, 0.1) is 25.5 Å². The second kappa shape index (κ2) is 10.2. The zero-order valence-electron chi connectivity index (χ0n) is 21.4. The lowest BCUT2D eigenvalue weighted by atomic mass is 9.97. The van der Waals surface area contributed by atoms with Gasteiger partial charge in [0.2, 0.25) is 0 Å². The van der Waals surface area contributed by atoms with Crippen LogP contribution in [0.25, 0.3) is 22.5 Å². The quantitative estimate of drug-likeness (QED) is 0.285. The van der Waals surface area contributed by atoms with Gasteiger partial charge in [0.15, 0.2) is 5.54 Å². The molecule has 0 unspecified atom stereocenters. The number of nitrogens with one attached hydrogen (secondary N) is 3. The smallest absolute Gasteiger partial charge is 0.258 e. The van der Waals surface area contributed by atoms with Gasteiger partial charge in [-0.2, -0.15) is 10.6 Å². The summed E-state index contributed by atoms with van der Waals surface area (Å²) >= 11 is 0. The summed E-state index contributed by atoms with van der Waals surface area (Å²) in [5.74, 6) is 6.05. The van der Waals surface area contributed by atoms with Crippen molar-refractivity contribution in [3.05, 3.63) is 83.7 Å². The molecule has 0 saturated carbocycles. The first kappa shape index (κ1) is 25.1. The van der Waals surface area contributed by atoms with E-state index in [1.54, 1.807) is 72.9 Å². The molecule has 11 heteroatoms. The van der Waals surface area contributed by atoms with Crippen LogP contribution in [0.4, 0.5) is 0 Å². The Labute approximate surface area is 229 Å². The van der Waals surface area contributed by atoms with Crippen molar-refractivity contribution in [3.63, 3.8) is 0 Å². The highest BCUT2D eigenvalue weighted by Gasteiger charge is 2.44. The molecule has 2 aliphatic heterocycles. The van der Waals surface area contributed by atoms with E-state index in [9.17, 15) is 14.7 Å². The van der Waals surface area contributed by atoms with Crippen molar-refractivity contribution in [1.29, 1.82) is 0 Å². The van der Waals surface area contributed by atoms with Gasteiger partial charge in [0, 0.05) is 35.0 Å². The summed E-state index contributed by atoms with van der Waals surface area (Å²) in [6.07, 6.45) is 3.38. The number of hydroxylamine groups is 1. The minimum absolute atomic E-state index is 0.0172. The van der Waals surface area contributed by atoms with Gasteiger partial charge >= 0.3 is 0 Å². The molecule has 200 valence electrons. The monoisotopic (exact) mass is 536 g/mol. The highest BCUT2D eigenvalue weighted by molar-refractivity contribution is 6.00. The van der Waals surface area contributed by atoms with Gasteiger partial charge in [0.1, 0.15) is 23.9 Å². The van der Waals surface area contributed by atoms with Crippen LogP contribution in [0.3, 0.4) is 0 Å². The summed E-state index contributed by atoms with van der Waals surface area (Å²) in [4.78, 5) is 37.7. The van der Waals surface area contributed by atoms with E-state index in [2.05, 4.69) is 37.8 Å². The Hall–Kier alpha value is -5.18. The molecule has 40 heavy (non-hydrogen) atoms. The largest absolute Gasteiger partial charge is 0.506 e. The van der Waals surface area contributed by atoms with Crippen LogP contribution >= 0.6 is 0 Å². The molecule has 2 aromatic heterocycles. The number of carbonyl (C=O) groups is 2. The fraction of sp³-hybridized carbons (Fsp3) is 0.172. The molecule has 1 saturated heterocycles. The number of amides is 2. The predicted octanol–water partition coefficient (Wildman–Crippen LogP) is 2.21. The number of H-pyrrole nitrogens is 1. The highest BCUT2D eigenvalue weighted by Crippen LogP contribution is 2.31. The highest BCUT2D eigenvalue weighted by atomic mass is 16.7. The van der Waals surface area contributed by atoms with Gasteiger partial charge in [-0.15, -0.1) is 0 Å². The number of hydrogen-bond donors (Lipinski definition) is 4. The van der Waals surface area contributed by atoms with Gasteiger partial charge < -0.3 is 20.1 Å². The van der Waals surface area contributed by atoms with Crippen molar-refractivity contribution in [1.82, 2.24) is 30.9 Å². The van der Waals surface area contributed by atoms with Crippen molar-refractivity contribution in [2.24, 2.45) is 0 Å². The standard InChI is InChI=1S/C29H24N6O5/c1-39-22-7-6-20-15-35(27(37)23(20)12-22)16-29(28(38)30-17-40-34-29)11-10-18-2-4-19(5-3-18)26-25(36)9-8-24(33-26)21-13-31-32-14-21/h2-9,12-14,34,36H,15-17H2,1H3,(H,30,38)(H,31,32)/t29-/m1/s1. The topological polar surface area (TPSA) is 142 Å². The molecular formula is C29H24N6O5. The average molecular weight is 537 g/mol. The number of benzene rings is 2. The maximum absolute atomic E-state index is 13.2. The van der Waals surface area contributed by atoms with Crippen LogP contribution in [0.1, 0.15) is 21.5 Å². The second-order valence-electron chi connectivity index (χ2n) is 9.36. The van der Waals surface area contributed by atoms with Crippen LogP contribution in [0.15, 0.2) is 67.0 Å².